The number of carboxylic acid groups (broad SMARTS) is 1. The fourth-order valence-electron chi connectivity index (χ4n) is 4.48. The number of carboxylic acids is 1. The first-order valence-electron chi connectivity index (χ1n) is 11.5. The maximum absolute atomic E-state index is 11.8. The molecular formula is C30H28N2O2. The number of rotatable bonds is 5. The van der Waals surface area contributed by atoms with Gasteiger partial charge in [0.15, 0.2) is 0 Å². The maximum Gasteiger partial charge on any atom is 0.336 e. The monoisotopic (exact) mass is 448 g/mol. The zero-order chi connectivity index (χ0) is 24.2. The van der Waals surface area contributed by atoms with Gasteiger partial charge in [0.2, 0.25) is 0 Å². The molecule has 4 heteroatoms. The Balaban J connectivity index is 1.69. The maximum atomic E-state index is 11.8. The molecule has 0 radical (unpaired) electrons. The van der Waals surface area contributed by atoms with Crippen LogP contribution in [-0.2, 0) is 6.42 Å². The molecule has 0 unspecified atom stereocenters. The van der Waals surface area contributed by atoms with Crippen LogP contribution in [-0.4, -0.2) is 20.6 Å². The number of carbonyl (C=O) groups is 1. The number of nitrogens with zero attached hydrogens (tertiary/aromatic N) is 2. The van der Waals surface area contributed by atoms with E-state index >= 15 is 0 Å². The summed E-state index contributed by atoms with van der Waals surface area (Å²) in [6.07, 6.45) is 6.33. The molecule has 1 N–H and O–H groups in total. The molecule has 0 aliphatic carbocycles. The van der Waals surface area contributed by atoms with E-state index in [2.05, 4.69) is 49.7 Å². The molecule has 34 heavy (non-hydrogen) atoms. The molecule has 0 saturated carbocycles. The van der Waals surface area contributed by atoms with Crippen LogP contribution in [0, 0.1) is 18.8 Å². The van der Waals surface area contributed by atoms with Gasteiger partial charge in [-0.25, -0.2) is 9.78 Å². The highest BCUT2D eigenvalue weighted by Crippen LogP contribution is 2.30. The van der Waals surface area contributed by atoms with Gasteiger partial charge in [-0.1, -0.05) is 56.9 Å². The first-order valence-corrected chi connectivity index (χ1v) is 11.5. The number of aromatic carboxylic acids is 1. The lowest BCUT2D eigenvalue weighted by molar-refractivity contribution is 0.0697. The molecule has 170 valence electrons. The third-order valence-electron chi connectivity index (χ3n) is 6.13. The fourth-order valence-corrected chi connectivity index (χ4v) is 4.48. The number of aromatic nitrogens is 2. The Kier molecular flexibility index (Phi) is 6.65. The minimum Gasteiger partial charge on any atom is -0.478 e. The van der Waals surface area contributed by atoms with Crippen molar-refractivity contribution in [2.24, 2.45) is 0 Å². The highest BCUT2D eigenvalue weighted by atomic mass is 16.4. The van der Waals surface area contributed by atoms with E-state index in [0.29, 0.717) is 11.5 Å². The van der Waals surface area contributed by atoms with Gasteiger partial charge >= 0.3 is 5.97 Å². The molecule has 1 aromatic heterocycles. The molecule has 4 rings (SSSR count). The Labute approximate surface area is 200 Å². The molecule has 4 aromatic rings. The Morgan fingerprint density at radius 2 is 1.82 bits per heavy atom. The quantitative estimate of drug-likeness (QED) is 0.349. The van der Waals surface area contributed by atoms with Crippen molar-refractivity contribution >= 4 is 5.97 Å². The van der Waals surface area contributed by atoms with Gasteiger partial charge in [-0.05, 0) is 77.4 Å². The third-order valence-corrected chi connectivity index (χ3v) is 6.13. The molecule has 0 bridgehead atoms. The third kappa shape index (κ3) is 4.51. The first-order chi connectivity index (χ1) is 16.4. The lowest BCUT2D eigenvalue weighted by Crippen LogP contribution is -2.04. The fraction of sp³-hybridized carbons (Fsp3) is 0.200. The van der Waals surface area contributed by atoms with Crippen LogP contribution in [0.25, 0.3) is 16.8 Å². The molecule has 0 aliphatic rings. The second kappa shape index (κ2) is 9.80. The van der Waals surface area contributed by atoms with E-state index in [4.69, 9.17) is 0 Å². The van der Waals surface area contributed by atoms with Crippen LogP contribution in [0.1, 0.15) is 64.9 Å². The summed E-state index contributed by atoms with van der Waals surface area (Å²) in [5, 5.41) is 9.65. The Hall–Kier alpha value is -4.10. The van der Waals surface area contributed by atoms with Gasteiger partial charge in [0.1, 0.15) is 0 Å². The van der Waals surface area contributed by atoms with Gasteiger partial charge in [0, 0.05) is 23.5 Å². The van der Waals surface area contributed by atoms with Gasteiger partial charge in [-0.15, -0.1) is 0 Å². The van der Waals surface area contributed by atoms with Crippen molar-refractivity contribution in [3.63, 3.8) is 0 Å². The van der Waals surface area contributed by atoms with Crippen LogP contribution in [0.2, 0.25) is 0 Å². The summed E-state index contributed by atoms with van der Waals surface area (Å²) in [5.41, 5.74) is 8.48. The number of benzene rings is 3. The van der Waals surface area contributed by atoms with E-state index in [1.54, 1.807) is 18.3 Å². The van der Waals surface area contributed by atoms with Crippen LogP contribution in [0.3, 0.4) is 0 Å². The number of hydrogen-bond acceptors (Lipinski definition) is 2. The predicted molar refractivity (Wildman–Crippen MR) is 137 cm³/mol. The van der Waals surface area contributed by atoms with Crippen LogP contribution >= 0.6 is 0 Å². The summed E-state index contributed by atoms with van der Waals surface area (Å²) in [4.78, 5) is 16.0. The molecule has 0 amide bonds. The molecule has 4 nitrogen and oxygen atoms in total. The van der Waals surface area contributed by atoms with Crippen molar-refractivity contribution in [3.8, 4) is 28.7 Å². The topological polar surface area (TPSA) is 55.1 Å². The van der Waals surface area contributed by atoms with E-state index < -0.39 is 5.97 Å². The minimum absolute atomic E-state index is 0.327. The number of hydrogen-bond donors (Lipinski definition) is 1. The van der Waals surface area contributed by atoms with Crippen molar-refractivity contribution in [2.45, 2.75) is 40.0 Å². The van der Waals surface area contributed by atoms with Gasteiger partial charge in [-0.3, -0.25) is 0 Å². The van der Waals surface area contributed by atoms with Crippen LogP contribution in [0.4, 0.5) is 0 Å². The number of imidazole rings is 1. The summed E-state index contributed by atoms with van der Waals surface area (Å²) in [5.74, 6) is 6.06. The molecular weight excluding hydrogens is 420 g/mol. The van der Waals surface area contributed by atoms with Crippen molar-refractivity contribution < 1.29 is 9.90 Å². The van der Waals surface area contributed by atoms with Crippen molar-refractivity contribution in [2.75, 3.05) is 0 Å². The minimum atomic E-state index is -0.912. The molecule has 0 atom stereocenters. The highest BCUT2D eigenvalue weighted by Gasteiger charge is 2.15. The Morgan fingerprint density at radius 1 is 1.06 bits per heavy atom. The summed E-state index contributed by atoms with van der Waals surface area (Å²) in [6, 6.07) is 17.4. The molecule has 0 spiro atoms. The normalized spacial score (nSPS) is 10.7. The summed E-state index contributed by atoms with van der Waals surface area (Å²) >= 11 is 0. The second-order valence-electron chi connectivity index (χ2n) is 8.62. The van der Waals surface area contributed by atoms with Gasteiger partial charge in [0.25, 0.3) is 0 Å². The Morgan fingerprint density at radius 3 is 2.44 bits per heavy atom. The van der Waals surface area contributed by atoms with Gasteiger partial charge < -0.3 is 9.67 Å². The largest absolute Gasteiger partial charge is 0.478 e. The van der Waals surface area contributed by atoms with E-state index in [-0.39, 0.29) is 0 Å². The van der Waals surface area contributed by atoms with Crippen LogP contribution in [0.15, 0.2) is 73.3 Å². The zero-order valence-corrected chi connectivity index (χ0v) is 20.0. The second-order valence-corrected chi connectivity index (χ2v) is 8.62. The van der Waals surface area contributed by atoms with Crippen LogP contribution < -0.4 is 0 Å². The first kappa shape index (κ1) is 23.1. The van der Waals surface area contributed by atoms with Crippen molar-refractivity contribution in [1.29, 1.82) is 0 Å². The summed E-state index contributed by atoms with van der Waals surface area (Å²) in [7, 11) is 0. The molecule has 0 aliphatic heterocycles. The van der Waals surface area contributed by atoms with Crippen molar-refractivity contribution in [1.82, 2.24) is 9.55 Å². The number of aryl methyl sites for hydroxylation is 1. The zero-order valence-electron chi connectivity index (χ0n) is 20.0. The lowest BCUT2D eigenvalue weighted by Gasteiger charge is -2.17. The summed E-state index contributed by atoms with van der Waals surface area (Å²) < 4.78 is 2.04. The van der Waals surface area contributed by atoms with Gasteiger partial charge in [0.05, 0.1) is 17.6 Å². The van der Waals surface area contributed by atoms with E-state index in [1.807, 2.05) is 54.3 Å². The van der Waals surface area contributed by atoms with Crippen LogP contribution in [0.5, 0.6) is 0 Å². The SMILES string of the molecule is CCc1cccc(C(=O)O)c1-c1ccc(C#Cc2ccc(-n3ccnc3)c(C(C)C)c2C)cc1. The molecule has 0 fully saturated rings. The average molecular weight is 449 g/mol. The molecule has 0 saturated heterocycles. The molecule has 3 aromatic carbocycles. The smallest absolute Gasteiger partial charge is 0.336 e. The van der Waals surface area contributed by atoms with Gasteiger partial charge in [-0.2, -0.15) is 0 Å². The summed E-state index contributed by atoms with van der Waals surface area (Å²) in [6.45, 7) is 8.55. The molecule has 1 heterocycles. The Bertz CT molecular complexity index is 1390. The van der Waals surface area contributed by atoms with E-state index in [1.165, 1.54) is 11.1 Å². The van der Waals surface area contributed by atoms with Crippen molar-refractivity contribution in [3.05, 3.63) is 107 Å². The van der Waals surface area contributed by atoms with E-state index in [0.717, 1.165) is 39.9 Å². The predicted octanol–water partition coefficient (Wildman–Crippen LogP) is 6.63. The average Bonchev–Trinajstić information content (AvgIpc) is 3.37. The lowest BCUT2D eigenvalue weighted by atomic mass is 9.92. The standard InChI is InChI=1S/C30H28N2O2/c1-5-23-7-6-8-26(30(33)34)29(23)25-13-10-22(11-14-25)9-12-24-15-16-27(32-18-17-31-19-32)28(20(2)3)21(24)4/h6-8,10-11,13-20H,5H2,1-4H3,(H,33,34). The highest BCUT2D eigenvalue weighted by molar-refractivity contribution is 5.97. The van der Waals surface area contributed by atoms with E-state index in [9.17, 15) is 9.90 Å².